The number of nitrogens with zero attached hydrogens (tertiary/aromatic N) is 1. The number of rotatable bonds is 6. The summed E-state index contributed by atoms with van der Waals surface area (Å²) >= 11 is 0. The van der Waals surface area contributed by atoms with Gasteiger partial charge in [0, 0.05) is 25.0 Å². The summed E-state index contributed by atoms with van der Waals surface area (Å²) in [6.45, 7) is 6.22. The van der Waals surface area contributed by atoms with Crippen LogP contribution in [0.1, 0.15) is 40.0 Å². The number of methoxy groups -OCH3 is 1. The molecular weight excluding hydrogens is 260 g/mol. The lowest BCUT2D eigenvalue weighted by atomic mass is 10.1. The molecule has 0 radical (unpaired) electrons. The number of carbonyl (C=O) groups excluding carboxylic acids is 3. The molecule has 1 N–H and O–H groups in total. The molecule has 1 aliphatic heterocycles. The van der Waals surface area contributed by atoms with E-state index in [1.54, 1.807) is 4.90 Å². The summed E-state index contributed by atoms with van der Waals surface area (Å²) in [5.41, 5.74) is 0. The molecule has 1 saturated heterocycles. The molecule has 0 aromatic rings. The first-order valence-corrected chi connectivity index (χ1v) is 7.05. The fourth-order valence-corrected chi connectivity index (χ4v) is 2.31. The average Bonchev–Trinajstić information content (AvgIpc) is 2.79. The maximum Gasteiger partial charge on any atom is 0.307 e. The van der Waals surface area contributed by atoms with Crippen LogP contribution < -0.4 is 5.32 Å². The number of esters is 1. The predicted molar refractivity (Wildman–Crippen MR) is 73.8 cm³/mol. The van der Waals surface area contributed by atoms with Gasteiger partial charge in [-0.3, -0.25) is 14.4 Å². The quantitative estimate of drug-likeness (QED) is 0.729. The third-order valence-corrected chi connectivity index (χ3v) is 3.63. The van der Waals surface area contributed by atoms with E-state index >= 15 is 0 Å². The molecule has 0 saturated carbocycles. The molecule has 0 bridgehead atoms. The Hall–Kier alpha value is -1.59. The van der Waals surface area contributed by atoms with Crippen molar-refractivity contribution in [3.8, 4) is 0 Å². The molecule has 1 fully saturated rings. The van der Waals surface area contributed by atoms with Crippen molar-refractivity contribution in [2.75, 3.05) is 13.7 Å². The minimum absolute atomic E-state index is 0.0150. The first-order valence-electron chi connectivity index (χ1n) is 7.05. The van der Waals surface area contributed by atoms with Crippen LogP contribution in [-0.4, -0.2) is 48.4 Å². The van der Waals surface area contributed by atoms with Gasteiger partial charge in [-0.15, -0.1) is 0 Å². The van der Waals surface area contributed by atoms with Crippen molar-refractivity contribution in [2.24, 2.45) is 5.92 Å². The molecule has 1 rings (SSSR count). The van der Waals surface area contributed by atoms with Crippen molar-refractivity contribution in [3.63, 3.8) is 0 Å². The van der Waals surface area contributed by atoms with E-state index in [-0.39, 0.29) is 48.6 Å². The molecule has 0 aromatic carbocycles. The van der Waals surface area contributed by atoms with Gasteiger partial charge in [0.2, 0.25) is 11.8 Å². The first kappa shape index (κ1) is 16.5. The summed E-state index contributed by atoms with van der Waals surface area (Å²) in [6, 6.07) is -0.129. The summed E-state index contributed by atoms with van der Waals surface area (Å²) in [5.74, 6) is -0.807. The highest BCUT2D eigenvalue weighted by atomic mass is 16.5. The van der Waals surface area contributed by atoms with Gasteiger partial charge in [-0.05, 0) is 20.3 Å². The molecule has 20 heavy (non-hydrogen) atoms. The van der Waals surface area contributed by atoms with E-state index < -0.39 is 0 Å². The van der Waals surface area contributed by atoms with E-state index in [1.165, 1.54) is 7.11 Å². The zero-order chi connectivity index (χ0) is 15.3. The number of hydrogen-bond acceptors (Lipinski definition) is 4. The van der Waals surface area contributed by atoms with E-state index in [0.717, 1.165) is 0 Å². The van der Waals surface area contributed by atoms with E-state index in [1.807, 2.05) is 20.8 Å². The highest BCUT2D eigenvalue weighted by molar-refractivity contribution is 5.89. The molecule has 2 unspecified atom stereocenters. The van der Waals surface area contributed by atoms with Gasteiger partial charge in [0.15, 0.2) is 0 Å². The van der Waals surface area contributed by atoms with E-state index in [0.29, 0.717) is 13.0 Å². The monoisotopic (exact) mass is 284 g/mol. The van der Waals surface area contributed by atoms with Crippen LogP contribution in [0.3, 0.4) is 0 Å². The Labute approximate surface area is 119 Å². The SMILES string of the molecule is CCC(CC(=O)OC)NC(=O)C1CC(=O)N(C(C)C)C1. The summed E-state index contributed by atoms with van der Waals surface area (Å²) in [6.07, 6.45) is 1.06. The lowest BCUT2D eigenvalue weighted by Gasteiger charge is -2.21. The number of likely N-dealkylation sites (tertiary alicyclic amines) is 1. The molecule has 0 aromatic heterocycles. The number of carbonyl (C=O) groups is 3. The van der Waals surface area contributed by atoms with E-state index in [9.17, 15) is 14.4 Å². The normalized spacial score (nSPS) is 20.1. The van der Waals surface area contributed by atoms with Gasteiger partial charge in [-0.2, -0.15) is 0 Å². The standard InChI is InChI=1S/C14H24N2O4/c1-5-11(7-13(18)20-4)15-14(19)10-6-12(17)16(8-10)9(2)3/h9-11H,5-8H2,1-4H3,(H,15,19). The highest BCUT2D eigenvalue weighted by Gasteiger charge is 2.36. The second-order valence-electron chi connectivity index (χ2n) is 5.43. The van der Waals surface area contributed by atoms with Crippen LogP contribution in [0.15, 0.2) is 0 Å². The fourth-order valence-electron chi connectivity index (χ4n) is 2.31. The van der Waals surface area contributed by atoms with Crippen LogP contribution in [0.2, 0.25) is 0 Å². The predicted octanol–water partition coefficient (Wildman–Crippen LogP) is 0.701. The largest absolute Gasteiger partial charge is 0.469 e. The van der Waals surface area contributed by atoms with Crippen LogP contribution in [0.5, 0.6) is 0 Å². The zero-order valence-electron chi connectivity index (χ0n) is 12.6. The molecule has 0 aliphatic carbocycles. The Balaban J connectivity index is 2.54. The van der Waals surface area contributed by atoms with Crippen molar-refractivity contribution in [1.82, 2.24) is 10.2 Å². The van der Waals surface area contributed by atoms with Crippen LogP contribution >= 0.6 is 0 Å². The Morgan fingerprint density at radius 1 is 1.45 bits per heavy atom. The Kier molecular flexibility index (Phi) is 5.98. The molecule has 114 valence electrons. The molecule has 6 nitrogen and oxygen atoms in total. The van der Waals surface area contributed by atoms with Gasteiger partial charge < -0.3 is 15.0 Å². The minimum atomic E-state index is -0.344. The first-order chi connectivity index (χ1) is 9.38. The topological polar surface area (TPSA) is 75.7 Å². The van der Waals surface area contributed by atoms with Gasteiger partial charge in [0.1, 0.15) is 0 Å². The maximum absolute atomic E-state index is 12.2. The van der Waals surface area contributed by atoms with E-state index in [4.69, 9.17) is 0 Å². The average molecular weight is 284 g/mol. The molecule has 2 amide bonds. The fraction of sp³-hybridized carbons (Fsp3) is 0.786. The van der Waals surface area contributed by atoms with Crippen molar-refractivity contribution >= 4 is 17.8 Å². The molecule has 0 spiro atoms. The zero-order valence-corrected chi connectivity index (χ0v) is 12.6. The van der Waals surface area contributed by atoms with Gasteiger partial charge in [0.25, 0.3) is 0 Å². The third kappa shape index (κ3) is 4.21. The van der Waals surface area contributed by atoms with Gasteiger partial charge in [0.05, 0.1) is 19.4 Å². The summed E-state index contributed by atoms with van der Waals surface area (Å²) in [4.78, 5) is 36.9. The molecule has 1 aliphatic rings. The smallest absolute Gasteiger partial charge is 0.307 e. The van der Waals surface area contributed by atoms with Crippen molar-refractivity contribution < 1.29 is 19.1 Å². The number of hydrogen-bond donors (Lipinski definition) is 1. The number of amides is 2. The van der Waals surface area contributed by atoms with Crippen molar-refractivity contribution in [3.05, 3.63) is 0 Å². The highest BCUT2D eigenvalue weighted by Crippen LogP contribution is 2.20. The van der Waals surface area contributed by atoms with Gasteiger partial charge in [-0.25, -0.2) is 0 Å². The van der Waals surface area contributed by atoms with Crippen LogP contribution in [0.4, 0.5) is 0 Å². The molecule has 2 atom stereocenters. The number of ether oxygens (including phenoxy) is 1. The Bertz CT molecular complexity index is 381. The Morgan fingerprint density at radius 3 is 2.55 bits per heavy atom. The maximum atomic E-state index is 12.2. The van der Waals surface area contributed by atoms with Gasteiger partial charge in [-0.1, -0.05) is 6.92 Å². The van der Waals surface area contributed by atoms with Gasteiger partial charge >= 0.3 is 5.97 Å². The molecule has 1 heterocycles. The molecule has 6 heteroatoms. The molecular formula is C14H24N2O4. The second-order valence-corrected chi connectivity index (χ2v) is 5.43. The second kappa shape index (κ2) is 7.26. The van der Waals surface area contributed by atoms with Crippen molar-refractivity contribution in [2.45, 2.75) is 52.1 Å². The van der Waals surface area contributed by atoms with Crippen LogP contribution in [-0.2, 0) is 19.1 Å². The van der Waals surface area contributed by atoms with Crippen molar-refractivity contribution in [1.29, 1.82) is 0 Å². The summed E-state index contributed by atoms with van der Waals surface area (Å²) in [5, 5.41) is 2.84. The lowest BCUT2D eigenvalue weighted by Crippen LogP contribution is -2.41. The van der Waals surface area contributed by atoms with Crippen LogP contribution in [0, 0.1) is 5.92 Å². The minimum Gasteiger partial charge on any atom is -0.469 e. The lowest BCUT2D eigenvalue weighted by molar-refractivity contribution is -0.141. The van der Waals surface area contributed by atoms with Crippen LogP contribution in [0.25, 0.3) is 0 Å². The van der Waals surface area contributed by atoms with E-state index in [2.05, 4.69) is 10.1 Å². The number of nitrogens with one attached hydrogen (secondary N) is 1. The summed E-state index contributed by atoms with van der Waals surface area (Å²) < 4.78 is 4.60. The summed E-state index contributed by atoms with van der Waals surface area (Å²) in [7, 11) is 1.33. The third-order valence-electron chi connectivity index (χ3n) is 3.63. The Morgan fingerprint density at radius 2 is 2.10 bits per heavy atom.